The Morgan fingerprint density at radius 3 is 2.29 bits per heavy atom. The van der Waals surface area contributed by atoms with Crippen LogP contribution in [0.25, 0.3) is 0 Å². The normalized spacial score (nSPS) is 19.4. The van der Waals surface area contributed by atoms with Crippen molar-refractivity contribution in [2.45, 2.75) is 64.3 Å². The smallest absolute Gasteiger partial charge is 0.274 e. The van der Waals surface area contributed by atoms with Crippen LogP contribution in [0.4, 0.5) is 0 Å². The number of ketones is 1. The molecular weight excluding hydrogens is 446 g/mol. The monoisotopic (exact) mass is 477 g/mol. The first kappa shape index (κ1) is 26.9. The molecule has 1 aliphatic rings. The van der Waals surface area contributed by atoms with E-state index in [2.05, 4.69) is 21.1 Å². The van der Waals surface area contributed by atoms with E-state index >= 15 is 0 Å². The van der Waals surface area contributed by atoms with Crippen molar-refractivity contribution in [1.29, 1.82) is 5.26 Å². The predicted molar refractivity (Wildman–Crippen MR) is 117 cm³/mol. The van der Waals surface area contributed by atoms with Gasteiger partial charge in [-0.1, -0.05) is 19.0 Å². The van der Waals surface area contributed by atoms with Gasteiger partial charge in [0.05, 0.1) is 31.7 Å². The molecule has 2 heterocycles. The molecule has 1 aromatic rings. The highest BCUT2D eigenvalue weighted by Crippen LogP contribution is 2.29. The number of epoxide rings is 1. The number of aryl methyl sites for hydroxylation is 1. The van der Waals surface area contributed by atoms with Crippen LogP contribution in [0.5, 0.6) is 0 Å². The largest absolute Gasteiger partial charge is 0.382 e. The lowest BCUT2D eigenvalue weighted by atomic mass is 9.93. The van der Waals surface area contributed by atoms with Crippen LogP contribution in [0.2, 0.25) is 0 Å². The summed E-state index contributed by atoms with van der Waals surface area (Å²) in [5.74, 6) is -1.84. The summed E-state index contributed by atoms with van der Waals surface area (Å²) in [5, 5.41) is 20.4. The maximum atomic E-state index is 12.9. The Bertz CT molecular complexity index is 948. The molecular formula is C22H31N5O7. The van der Waals surface area contributed by atoms with Gasteiger partial charge in [0.15, 0.2) is 11.5 Å². The summed E-state index contributed by atoms with van der Waals surface area (Å²) in [4.78, 5) is 50.9. The first-order valence-electron chi connectivity index (χ1n) is 10.9. The van der Waals surface area contributed by atoms with Crippen molar-refractivity contribution >= 4 is 23.5 Å². The molecule has 4 atom stereocenters. The van der Waals surface area contributed by atoms with E-state index in [1.807, 2.05) is 19.9 Å². The van der Waals surface area contributed by atoms with E-state index in [0.29, 0.717) is 12.2 Å². The van der Waals surface area contributed by atoms with Gasteiger partial charge in [0, 0.05) is 13.2 Å². The van der Waals surface area contributed by atoms with E-state index < -0.39 is 41.4 Å². The molecule has 0 aromatic carbocycles. The number of amides is 3. The van der Waals surface area contributed by atoms with Crippen LogP contribution in [-0.4, -0.2) is 72.7 Å². The van der Waals surface area contributed by atoms with Gasteiger partial charge in [0.25, 0.3) is 5.91 Å². The second-order valence-corrected chi connectivity index (χ2v) is 8.80. The van der Waals surface area contributed by atoms with E-state index in [1.165, 1.54) is 13.2 Å². The molecule has 34 heavy (non-hydrogen) atoms. The Morgan fingerprint density at radius 2 is 1.79 bits per heavy atom. The van der Waals surface area contributed by atoms with E-state index in [-0.39, 0.29) is 37.0 Å². The number of nitriles is 1. The summed E-state index contributed by atoms with van der Waals surface area (Å²) in [6.07, 6.45) is 0.0281. The summed E-state index contributed by atoms with van der Waals surface area (Å²) < 4.78 is 15.1. The number of Topliss-reactive ketones (excluding diaryl/α,β-unsaturated/α-hetero) is 1. The molecule has 0 unspecified atom stereocenters. The van der Waals surface area contributed by atoms with Crippen LogP contribution in [0.1, 0.15) is 49.9 Å². The molecule has 1 fully saturated rings. The van der Waals surface area contributed by atoms with Crippen molar-refractivity contribution in [2.75, 3.05) is 20.3 Å². The molecule has 2 rings (SSSR count). The van der Waals surface area contributed by atoms with Crippen LogP contribution >= 0.6 is 0 Å². The van der Waals surface area contributed by atoms with Gasteiger partial charge in [-0.05, 0) is 26.2 Å². The zero-order valence-corrected chi connectivity index (χ0v) is 20.0. The molecule has 1 saturated heterocycles. The molecule has 12 nitrogen and oxygen atoms in total. The lowest BCUT2D eigenvalue weighted by Crippen LogP contribution is -2.57. The van der Waals surface area contributed by atoms with Gasteiger partial charge in [0.2, 0.25) is 11.8 Å². The number of hydrogen-bond donors (Lipinski definition) is 3. The molecule has 3 N–H and O–H groups in total. The highest BCUT2D eigenvalue weighted by atomic mass is 16.6. The minimum absolute atomic E-state index is 0.0245. The standard InChI is InChI=1S/C22H31N5O7/c1-12(2)8-15(18(28)22(4)11-33-22)25-19(29)14(6-7-23)24-21(31)17(10-32-5)26-20(30)16-9-13(3)34-27-16/h9,12,14-15,17H,6,8,10-11H2,1-5H3,(H,24,31)(H,25,29)(H,26,30)/t14-,15-,17-,22-/m0/s1. The topological polar surface area (TPSA) is 176 Å². The van der Waals surface area contributed by atoms with Crippen LogP contribution < -0.4 is 16.0 Å². The van der Waals surface area contributed by atoms with E-state index in [4.69, 9.17) is 14.0 Å². The summed E-state index contributed by atoms with van der Waals surface area (Å²) in [5.41, 5.74) is -0.961. The predicted octanol–water partition coefficient (Wildman–Crippen LogP) is 0.0152. The van der Waals surface area contributed by atoms with Gasteiger partial charge in [-0.2, -0.15) is 5.26 Å². The van der Waals surface area contributed by atoms with Crippen molar-refractivity contribution < 1.29 is 33.2 Å². The minimum atomic E-state index is -1.25. The third kappa shape index (κ3) is 7.36. The summed E-state index contributed by atoms with van der Waals surface area (Å²) in [6, 6.07) is 0.00284. The third-order valence-electron chi connectivity index (χ3n) is 5.18. The molecule has 12 heteroatoms. The number of rotatable bonds is 13. The summed E-state index contributed by atoms with van der Waals surface area (Å²) >= 11 is 0. The summed E-state index contributed by atoms with van der Waals surface area (Å²) in [7, 11) is 1.34. The van der Waals surface area contributed by atoms with Crippen molar-refractivity contribution in [3.05, 3.63) is 17.5 Å². The lowest BCUT2D eigenvalue weighted by Gasteiger charge is -2.25. The SMILES string of the molecule is COC[C@H](NC(=O)c1cc(C)on1)C(=O)N[C@@H](CC#N)C(=O)N[C@@H](CC(C)C)C(=O)[C@]1(C)CO1. The Labute approximate surface area is 197 Å². The molecule has 1 aromatic heterocycles. The zero-order chi connectivity index (χ0) is 25.5. The number of carbonyl (C=O) groups is 4. The number of hydrogen-bond acceptors (Lipinski definition) is 9. The van der Waals surface area contributed by atoms with Crippen LogP contribution in [0, 0.1) is 24.2 Å². The van der Waals surface area contributed by atoms with Gasteiger partial charge >= 0.3 is 0 Å². The molecule has 3 amide bonds. The van der Waals surface area contributed by atoms with E-state index in [9.17, 15) is 24.4 Å². The Kier molecular flexibility index (Phi) is 9.28. The quantitative estimate of drug-likeness (QED) is 0.330. The number of nitrogens with zero attached hydrogens (tertiary/aromatic N) is 2. The molecule has 0 bridgehead atoms. The molecule has 0 spiro atoms. The van der Waals surface area contributed by atoms with Crippen LogP contribution in [-0.2, 0) is 23.9 Å². The van der Waals surface area contributed by atoms with Crippen molar-refractivity contribution in [2.24, 2.45) is 5.92 Å². The average molecular weight is 478 g/mol. The fraction of sp³-hybridized carbons (Fsp3) is 0.636. The first-order chi connectivity index (χ1) is 16.0. The lowest BCUT2D eigenvalue weighted by molar-refractivity contribution is -0.133. The molecule has 0 radical (unpaired) electrons. The van der Waals surface area contributed by atoms with Gasteiger partial charge in [-0.3, -0.25) is 19.2 Å². The zero-order valence-electron chi connectivity index (χ0n) is 20.0. The number of aromatic nitrogens is 1. The van der Waals surface area contributed by atoms with Crippen molar-refractivity contribution in [1.82, 2.24) is 21.1 Å². The van der Waals surface area contributed by atoms with Gasteiger partial charge in [-0.25, -0.2) is 0 Å². The Hall–Kier alpha value is -3.30. The molecule has 1 aliphatic heterocycles. The average Bonchev–Trinajstić information content (AvgIpc) is 3.37. The van der Waals surface area contributed by atoms with Crippen molar-refractivity contribution in [3.8, 4) is 6.07 Å². The van der Waals surface area contributed by atoms with Gasteiger partial charge < -0.3 is 29.9 Å². The molecule has 0 saturated carbocycles. The maximum absolute atomic E-state index is 12.9. The second-order valence-electron chi connectivity index (χ2n) is 8.80. The maximum Gasteiger partial charge on any atom is 0.274 e. The third-order valence-corrected chi connectivity index (χ3v) is 5.18. The second kappa shape index (κ2) is 11.7. The van der Waals surface area contributed by atoms with Gasteiger partial charge in [-0.15, -0.1) is 0 Å². The van der Waals surface area contributed by atoms with E-state index in [0.717, 1.165) is 0 Å². The number of nitrogens with one attached hydrogen (secondary N) is 3. The molecule has 186 valence electrons. The number of carbonyl (C=O) groups excluding carboxylic acids is 4. The number of methoxy groups -OCH3 is 1. The highest BCUT2D eigenvalue weighted by molar-refractivity contribution is 5.99. The first-order valence-corrected chi connectivity index (χ1v) is 10.9. The van der Waals surface area contributed by atoms with Crippen LogP contribution in [0.15, 0.2) is 10.6 Å². The van der Waals surface area contributed by atoms with Crippen molar-refractivity contribution in [3.63, 3.8) is 0 Å². The van der Waals surface area contributed by atoms with Gasteiger partial charge in [0.1, 0.15) is 23.4 Å². The minimum Gasteiger partial charge on any atom is -0.382 e. The highest BCUT2D eigenvalue weighted by Gasteiger charge is 2.50. The van der Waals surface area contributed by atoms with E-state index in [1.54, 1.807) is 13.8 Å². The summed E-state index contributed by atoms with van der Waals surface area (Å²) in [6.45, 7) is 7.16. The fourth-order valence-electron chi connectivity index (χ4n) is 3.22. The van der Waals surface area contributed by atoms with Crippen LogP contribution in [0.3, 0.4) is 0 Å². The number of ether oxygens (including phenoxy) is 2. The fourth-order valence-corrected chi connectivity index (χ4v) is 3.22. The Morgan fingerprint density at radius 1 is 1.18 bits per heavy atom. The molecule has 0 aliphatic carbocycles. The Balaban J connectivity index is 2.09.